The Labute approximate surface area is 219 Å². The number of likely N-dealkylation sites (N-methyl/N-ethyl adjacent to an activating group) is 1. The van der Waals surface area contributed by atoms with Crippen LogP contribution in [0.15, 0.2) is 24.3 Å². The van der Waals surface area contributed by atoms with Crippen LogP contribution in [-0.2, 0) is 14.4 Å². The van der Waals surface area contributed by atoms with Gasteiger partial charge in [-0.15, -0.1) is 0 Å². The van der Waals surface area contributed by atoms with Crippen LogP contribution < -0.4 is 20.7 Å². The summed E-state index contributed by atoms with van der Waals surface area (Å²) < 4.78 is 5.86. The molecule has 1 aromatic carbocycles. The zero-order valence-electron chi connectivity index (χ0n) is 22.3. The smallest absolute Gasteiger partial charge is 0.255 e. The van der Waals surface area contributed by atoms with Gasteiger partial charge in [-0.1, -0.05) is 32.9 Å². The molecule has 0 aliphatic carbocycles. The fraction of sp³-hybridized carbons (Fsp3) is 0.630. The Hall–Kier alpha value is -3.14. The van der Waals surface area contributed by atoms with E-state index in [1.54, 1.807) is 29.2 Å². The minimum absolute atomic E-state index is 0.00559. The minimum Gasteiger partial charge on any atom is -0.493 e. The lowest BCUT2D eigenvalue weighted by Crippen LogP contribution is -2.55. The summed E-state index contributed by atoms with van der Waals surface area (Å²) in [7, 11) is 0. The first-order chi connectivity index (χ1) is 17.8. The molecule has 0 spiro atoms. The lowest BCUT2D eigenvalue weighted by molar-refractivity contribution is -0.135. The van der Waals surface area contributed by atoms with Crippen molar-refractivity contribution in [3.05, 3.63) is 29.8 Å². The van der Waals surface area contributed by atoms with E-state index in [0.29, 0.717) is 50.4 Å². The Morgan fingerprint density at radius 3 is 2.51 bits per heavy atom. The quantitative estimate of drug-likeness (QED) is 0.554. The number of rotatable bonds is 4. The highest BCUT2D eigenvalue weighted by atomic mass is 16.5. The molecule has 2 heterocycles. The van der Waals surface area contributed by atoms with Crippen LogP contribution in [0.4, 0.5) is 0 Å². The third kappa shape index (κ3) is 8.45. The van der Waals surface area contributed by atoms with Crippen LogP contribution in [0.1, 0.15) is 56.8 Å². The summed E-state index contributed by atoms with van der Waals surface area (Å²) in [6.07, 6.45) is 1.17. The molecule has 3 rings (SSSR count). The molecule has 0 unspecified atom stereocenters. The normalized spacial score (nSPS) is 22.9. The molecule has 0 aromatic heterocycles. The van der Waals surface area contributed by atoms with Crippen molar-refractivity contribution in [2.75, 3.05) is 45.9 Å². The predicted octanol–water partition coefficient (Wildman–Crippen LogP) is 1.16. The largest absolute Gasteiger partial charge is 0.493 e. The van der Waals surface area contributed by atoms with Gasteiger partial charge in [-0.2, -0.15) is 0 Å². The molecule has 0 radical (unpaired) electrons. The summed E-state index contributed by atoms with van der Waals surface area (Å²) in [5.74, 6) is -0.551. The fourth-order valence-electron chi connectivity index (χ4n) is 4.61. The number of hydrogen-bond acceptors (Lipinski definition) is 6. The second kappa shape index (κ2) is 14.0. The molecule has 1 saturated heterocycles. The standard InChI is InChI=1S/C27H41N5O5/c1-4-31-13-15-32(16-14-31)27(36)21-10-11-24(33)29-22(18-19(2)3)26(35)28-12-7-17-37-23-9-6-5-8-20(23)25(34)30-21/h5-6,8-9,19,21-22H,4,7,10-18H2,1-3H3,(H,28,35)(H,29,33)(H,30,34)/t21-,22+/m0/s1. The summed E-state index contributed by atoms with van der Waals surface area (Å²) in [4.78, 5) is 56.4. The van der Waals surface area contributed by atoms with Crippen LogP contribution in [0.3, 0.4) is 0 Å². The van der Waals surface area contributed by atoms with Crippen molar-refractivity contribution in [3.8, 4) is 5.75 Å². The van der Waals surface area contributed by atoms with Crippen LogP contribution in [0.25, 0.3) is 0 Å². The summed E-state index contributed by atoms with van der Waals surface area (Å²) in [5, 5.41) is 8.57. The number of para-hydroxylation sites is 1. The molecule has 1 fully saturated rings. The molecule has 2 atom stereocenters. The second-order valence-corrected chi connectivity index (χ2v) is 10.1. The molecule has 2 aliphatic heterocycles. The van der Waals surface area contributed by atoms with E-state index in [0.717, 1.165) is 19.6 Å². The van der Waals surface area contributed by atoms with E-state index < -0.39 is 18.0 Å². The monoisotopic (exact) mass is 515 g/mol. The van der Waals surface area contributed by atoms with Gasteiger partial charge in [0.1, 0.15) is 17.8 Å². The van der Waals surface area contributed by atoms with E-state index >= 15 is 0 Å². The molecule has 37 heavy (non-hydrogen) atoms. The first-order valence-corrected chi connectivity index (χ1v) is 13.4. The SMILES string of the molecule is CCN1CCN(C(=O)[C@@H]2CCC(=O)N[C@H](CC(C)C)C(=O)NCCCOc3ccccc3C(=O)N2)CC1. The van der Waals surface area contributed by atoms with Crippen LogP contribution in [0.2, 0.25) is 0 Å². The molecular formula is C27H41N5O5. The van der Waals surface area contributed by atoms with Crippen molar-refractivity contribution in [1.82, 2.24) is 25.8 Å². The van der Waals surface area contributed by atoms with Crippen molar-refractivity contribution >= 4 is 23.6 Å². The maximum atomic E-state index is 13.5. The van der Waals surface area contributed by atoms with Crippen LogP contribution in [-0.4, -0.2) is 91.4 Å². The second-order valence-electron chi connectivity index (χ2n) is 10.1. The lowest BCUT2D eigenvalue weighted by Gasteiger charge is -2.36. The van der Waals surface area contributed by atoms with Crippen molar-refractivity contribution in [1.29, 1.82) is 0 Å². The number of carbonyl (C=O) groups is 4. The maximum absolute atomic E-state index is 13.5. The van der Waals surface area contributed by atoms with Crippen molar-refractivity contribution < 1.29 is 23.9 Å². The van der Waals surface area contributed by atoms with Gasteiger partial charge in [0.2, 0.25) is 17.7 Å². The third-order valence-electron chi connectivity index (χ3n) is 6.76. The van der Waals surface area contributed by atoms with Gasteiger partial charge in [0.25, 0.3) is 5.91 Å². The van der Waals surface area contributed by atoms with E-state index in [4.69, 9.17) is 4.74 Å². The molecule has 204 valence electrons. The zero-order valence-corrected chi connectivity index (χ0v) is 22.3. The molecular weight excluding hydrogens is 474 g/mol. The number of fused-ring (bicyclic) bond motifs is 1. The molecule has 10 heteroatoms. The number of hydrogen-bond donors (Lipinski definition) is 3. The Morgan fingerprint density at radius 2 is 1.81 bits per heavy atom. The molecule has 0 bridgehead atoms. The topological polar surface area (TPSA) is 120 Å². The van der Waals surface area contributed by atoms with Gasteiger partial charge < -0.3 is 30.5 Å². The van der Waals surface area contributed by atoms with Gasteiger partial charge in [0, 0.05) is 39.1 Å². The van der Waals surface area contributed by atoms with E-state index in [-0.39, 0.29) is 36.5 Å². The summed E-state index contributed by atoms with van der Waals surface area (Å²) in [6, 6.07) is 5.36. The highest BCUT2D eigenvalue weighted by Gasteiger charge is 2.30. The van der Waals surface area contributed by atoms with Gasteiger partial charge in [-0.05, 0) is 43.9 Å². The minimum atomic E-state index is -0.871. The number of nitrogens with zero attached hydrogens (tertiary/aromatic N) is 2. The number of carbonyl (C=O) groups excluding carboxylic acids is 4. The van der Waals surface area contributed by atoms with Crippen LogP contribution in [0, 0.1) is 5.92 Å². The molecule has 1 aromatic rings. The number of benzene rings is 1. The Balaban J connectivity index is 1.81. The van der Waals surface area contributed by atoms with E-state index in [1.165, 1.54) is 0 Å². The van der Waals surface area contributed by atoms with Gasteiger partial charge in [-0.3, -0.25) is 19.2 Å². The first kappa shape index (κ1) is 28.4. The summed E-state index contributed by atoms with van der Waals surface area (Å²) >= 11 is 0. The Bertz CT molecular complexity index is 945. The van der Waals surface area contributed by atoms with Crippen molar-refractivity contribution in [3.63, 3.8) is 0 Å². The zero-order chi connectivity index (χ0) is 26.8. The average molecular weight is 516 g/mol. The number of nitrogens with one attached hydrogen (secondary N) is 3. The van der Waals surface area contributed by atoms with Crippen LogP contribution in [0.5, 0.6) is 5.75 Å². The molecule has 3 N–H and O–H groups in total. The molecule has 4 amide bonds. The van der Waals surface area contributed by atoms with E-state index in [1.807, 2.05) is 13.8 Å². The maximum Gasteiger partial charge on any atom is 0.255 e. The number of piperazine rings is 1. The number of amides is 4. The Morgan fingerprint density at radius 1 is 1.08 bits per heavy atom. The molecule has 0 saturated carbocycles. The lowest BCUT2D eigenvalue weighted by atomic mass is 10.0. The van der Waals surface area contributed by atoms with Gasteiger partial charge >= 0.3 is 0 Å². The highest BCUT2D eigenvalue weighted by molar-refractivity contribution is 5.99. The fourth-order valence-corrected chi connectivity index (χ4v) is 4.61. The summed E-state index contributed by atoms with van der Waals surface area (Å²) in [6.45, 7) is 10.4. The van der Waals surface area contributed by atoms with Gasteiger partial charge in [0.05, 0.1) is 12.2 Å². The predicted molar refractivity (Wildman–Crippen MR) is 140 cm³/mol. The van der Waals surface area contributed by atoms with Gasteiger partial charge in [-0.25, -0.2) is 0 Å². The Kier molecular flexibility index (Phi) is 10.7. The summed E-state index contributed by atoms with van der Waals surface area (Å²) in [5.41, 5.74) is 0.327. The van der Waals surface area contributed by atoms with Gasteiger partial charge in [0.15, 0.2) is 0 Å². The van der Waals surface area contributed by atoms with E-state index in [9.17, 15) is 19.2 Å². The third-order valence-corrected chi connectivity index (χ3v) is 6.76. The number of ether oxygens (including phenoxy) is 1. The van der Waals surface area contributed by atoms with E-state index in [2.05, 4.69) is 27.8 Å². The van der Waals surface area contributed by atoms with Crippen molar-refractivity contribution in [2.45, 2.75) is 58.5 Å². The highest BCUT2D eigenvalue weighted by Crippen LogP contribution is 2.19. The average Bonchev–Trinajstić information content (AvgIpc) is 2.89. The van der Waals surface area contributed by atoms with Crippen molar-refractivity contribution in [2.24, 2.45) is 5.92 Å². The molecule has 10 nitrogen and oxygen atoms in total. The molecule has 2 aliphatic rings. The van der Waals surface area contributed by atoms with Crippen LogP contribution >= 0.6 is 0 Å². The first-order valence-electron chi connectivity index (χ1n) is 13.4.